The molecule has 1 atom stereocenters. The fourth-order valence-electron chi connectivity index (χ4n) is 3.19. The number of carbonyl (C=O) groups is 1. The van der Waals surface area contributed by atoms with Crippen LogP contribution in [0.1, 0.15) is 45.4 Å². The molecule has 0 amide bonds. The maximum atomic E-state index is 12.6. The van der Waals surface area contributed by atoms with Crippen LogP contribution >= 0.6 is 0 Å². The van der Waals surface area contributed by atoms with Gasteiger partial charge in [-0.05, 0) is 32.2 Å². The summed E-state index contributed by atoms with van der Waals surface area (Å²) in [4.78, 5) is 17.3. The molecule has 2 saturated heterocycles. The highest BCUT2D eigenvalue weighted by atomic mass is 16.5. The summed E-state index contributed by atoms with van der Waals surface area (Å²) >= 11 is 0. The maximum absolute atomic E-state index is 12.6. The molecule has 5 nitrogen and oxygen atoms in total. The Labute approximate surface area is 129 Å². The van der Waals surface area contributed by atoms with Crippen molar-refractivity contribution in [3.8, 4) is 0 Å². The van der Waals surface area contributed by atoms with Gasteiger partial charge in [-0.3, -0.25) is 9.80 Å². The van der Waals surface area contributed by atoms with Gasteiger partial charge in [0.25, 0.3) is 0 Å². The van der Waals surface area contributed by atoms with Crippen molar-refractivity contribution in [1.29, 1.82) is 0 Å². The number of nitrogens with zero attached hydrogens (tertiary/aromatic N) is 2. The molecule has 0 aromatic heterocycles. The molecule has 21 heavy (non-hydrogen) atoms. The van der Waals surface area contributed by atoms with Gasteiger partial charge in [0.1, 0.15) is 0 Å². The third-order valence-electron chi connectivity index (χ3n) is 4.41. The van der Waals surface area contributed by atoms with E-state index >= 15 is 0 Å². The normalized spacial score (nSPS) is 23.5. The molecule has 1 N–H and O–H groups in total. The number of hydrogen-bond acceptors (Lipinski definition) is 5. The van der Waals surface area contributed by atoms with Crippen molar-refractivity contribution in [2.24, 2.45) is 0 Å². The second-order valence-corrected chi connectivity index (χ2v) is 6.13. The summed E-state index contributed by atoms with van der Waals surface area (Å²) in [5.41, 5.74) is 0. The van der Waals surface area contributed by atoms with Gasteiger partial charge in [-0.1, -0.05) is 19.8 Å². The van der Waals surface area contributed by atoms with Crippen molar-refractivity contribution in [1.82, 2.24) is 15.1 Å². The number of unbranched alkanes of at least 4 members (excludes halogenated alkanes) is 1. The average molecular weight is 297 g/mol. The smallest absolute Gasteiger partial charge is 0.338 e. The highest BCUT2D eigenvalue weighted by molar-refractivity contribution is 5.75. The molecule has 0 aliphatic carbocycles. The molecule has 2 aliphatic rings. The fraction of sp³-hybridized carbons (Fsp3) is 0.938. The quantitative estimate of drug-likeness (QED) is 0.594. The predicted octanol–water partition coefficient (Wildman–Crippen LogP) is 1.44. The lowest BCUT2D eigenvalue weighted by Crippen LogP contribution is -2.56. The van der Waals surface area contributed by atoms with Gasteiger partial charge >= 0.3 is 5.97 Å². The minimum absolute atomic E-state index is 0.0350. The Morgan fingerprint density at radius 1 is 1.05 bits per heavy atom. The second-order valence-electron chi connectivity index (χ2n) is 6.13. The first kappa shape index (κ1) is 16.7. The second kappa shape index (κ2) is 9.38. The first-order valence-electron chi connectivity index (χ1n) is 8.68. The predicted molar refractivity (Wildman–Crippen MR) is 84.1 cm³/mol. The lowest BCUT2D eigenvalue weighted by Gasteiger charge is -2.39. The van der Waals surface area contributed by atoms with E-state index in [1.165, 1.54) is 19.3 Å². The molecule has 0 bridgehead atoms. The van der Waals surface area contributed by atoms with Gasteiger partial charge in [0.15, 0.2) is 6.17 Å². The SMILES string of the molecule is CCCCOC(=O)C(N1CCCCC1)N1CCCNCC1. The molecule has 2 heterocycles. The number of nitrogens with one attached hydrogen (secondary N) is 1. The number of ether oxygens (including phenoxy) is 1. The van der Waals surface area contributed by atoms with E-state index in [1.54, 1.807) is 0 Å². The number of esters is 1. The van der Waals surface area contributed by atoms with Crippen molar-refractivity contribution >= 4 is 5.97 Å². The summed E-state index contributed by atoms with van der Waals surface area (Å²) in [5, 5.41) is 3.41. The van der Waals surface area contributed by atoms with Crippen LogP contribution < -0.4 is 5.32 Å². The highest BCUT2D eigenvalue weighted by Gasteiger charge is 2.33. The van der Waals surface area contributed by atoms with Gasteiger partial charge in [-0.25, -0.2) is 4.79 Å². The van der Waals surface area contributed by atoms with Crippen LogP contribution in [0.15, 0.2) is 0 Å². The fourth-order valence-corrected chi connectivity index (χ4v) is 3.19. The summed E-state index contributed by atoms with van der Waals surface area (Å²) in [7, 11) is 0. The van der Waals surface area contributed by atoms with E-state index in [0.29, 0.717) is 6.61 Å². The third kappa shape index (κ3) is 5.24. The largest absolute Gasteiger partial charge is 0.464 e. The Morgan fingerprint density at radius 3 is 2.52 bits per heavy atom. The molecule has 0 radical (unpaired) electrons. The molecule has 1 unspecified atom stereocenters. The summed E-state index contributed by atoms with van der Waals surface area (Å²) in [6, 6.07) is 0. The number of hydrogen-bond donors (Lipinski definition) is 1. The van der Waals surface area contributed by atoms with Gasteiger partial charge in [0.2, 0.25) is 0 Å². The van der Waals surface area contributed by atoms with Crippen molar-refractivity contribution in [3.05, 3.63) is 0 Å². The number of carbonyl (C=O) groups excluding carboxylic acids is 1. The molecule has 122 valence electrons. The van der Waals surface area contributed by atoms with E-state index in [2.05, 4.69) is 22.0 Å². The Balaban J connectivity index is 1.99. The standard InChI is InChI=1S/C16H31N3O2/c1-2-3-14-21-16(20)15(18-10-5-4-6-11-18)19-12-7-8-17-9-13-19/h15,17H,2-14H2,1H3. The summed E-state index contributed by atoms with van der Waals surface area (Å²) < 4.78 is 5.55. The van der Waals surface area contributed by atoms with Crippen molar-refractivity contribution < 1.29 is 9.53 Å². The topological polar surface area (TPSA) is 44.8 Å². The summed E-state index contributed by atoms with van der Waals surface area (Å²) in [6.45, 7) is 8.67. The van der Waals surface area contributed by atoms with E-state index in [4.69, 9.17) is 4.74 Å². The maximum Gasteiger partial charge on any atom is 0.338 e. The van der Waals surface area contributed by atoms with Crippen molar-refractivity contribution in [2.75, 3.05) is 45.9 Å². The monoisotopic (exact) mass is 297 g/mol. The van der Waals surface area contributed by atoms with Crippen LogP contribution in [-0.2, 0) is 9.53 Å². The highest BCUT2D eigenvalue weighted by Crippen LogP contribution is 2.17. The molecule has 0 spiro atoms. The van der Waals surface area contributed by atoms with Crippen LogP contribution in [0.2, 0.25) is 0 Å². The number of piperidine rings is 1. The molecular formula is C16H31N3O2. The Morgan fingerprint density at radius 2 is 1.76 bits per heavy atom. The third-order valence-corrected chi connectivity index (χ3v) is 4.41. The molecule has 0 aromatic rings. The van der Waals surface area contributed by atoms with Crippen molar-refractivity contribution in [2.45, 2.75) is 51.6 Å². The van der Waals surface area contributed by atoms with Gasteiger partial charge in [-0.2, -0.15) is 0 Å². The molecule has 2 aliphatic heterocycles. The van der Waals surface area contributed by atoms with E-state index < -0.39 is 0 Å². The van der Waals surface area contributed by atoms with Gasteiger partial charge in [0, 0.05) is 32.7 Å². The van der Waals surface area contributed by atoms with Crippen LogP contribution in [0.5, 0.6) is 0 Å². The average Bonchev–Trinajstić information content (AvgIpc) is 2.78. The lowest BCUT2D eigenvalue weighted by molar-refractivity contribution is -0.159. The van der Waals surface area contributed by atoms with Gasteiger partial charge in [-0.15, -0.1) is 0 Å². The van der Waals surface area contributed by atoms with Gasteiger partial charge in [0.05, 0.1) is 6.61 Å². The zero-order chi connectivity index (χ0) is 14.9. The van der Waals surface area contributed by atoms with Gasteiger partial charge < -0.3 is 10.1 Å². The van der Waals surface area contributed by atoms with Crippen molar-refractivity contribution in [3.63, 3.8) is 0 Å². The minimum atomic E-state index is -0.165. The molecule has 2 fully saturated rings. The Kier molecular flexibility index (Phi) is 7.47. The van der Waals surface area contributed by atoms with Crippen LogP contribution in [-0.4, -0.2) is 67.8 Å². The Bertz CT molecular complexity index is 298. The lowest BCUT2D eigenvalue weighted by atomic mass is 10.1. The van der Waals surface area contributed by atoms with Crippen LogP contribution in [0, 0.1) is 0 Å². The van der Waals surface area contributed by atoms with Crippen LogP contribution in [0.4, 0.5) is 0 Å². The van der Waals surface area contributed by atoms with E-state index in [0.717, 1.165) is 58.5 Å². The van der Waals surface area contributed by atoms with Crippen LogP contribution in [0.25, 0.3) is 0 Å². The summed E-state index contributed by atoms with van der Waals surface area (Å²) in [6.07, 6.45) is 6.65. The first-order chi connectivity index (χ1) is 10.3. The molecular weight excluding hydrogens is 266 g/mol. The number of likely N-dealkylation sites (tertiary alicyclic amines) is 1. The molecule has 5 heteroatoms. The molecule has 2 rings (SSSR count). The van der Waals surface area contributed by atoms with E-state index in [-0.39, 0.29) is 12.1 Å². The molecule has 0 saturated carbocycles. The zero-order valence-corrected chi connectivity index (χ0v) is 13.5. The zero-order valence-electron chi connectivity index (χ0n) is 13.5. The molecule has 0 aromatic carbocycles. The summed E-state index contributed by atoms with van der Waals surface area (Å²) in [5.74, 6) is -0.0350. The van der Waals surface area contributed by atoms with E-state index in [1.807, 2.05) is 0 Å². The van der Waals surface area contributed by atoms with Crippen LogP contribution in [0.3, 0.4) is 0 Å². The Hall–Kier alpha value is -0.650. The number of rotatable bonds is 6. The van der Waals surface area contributed by atoms with E-state index in [9.17, 15) is 4.79 Å². The minimum Gasteiger partial charge on any atom is -0.464 e. The first-order valence-corrected chi connectivity index (χ1v) is 8.68.